The Labute approximate surface area is 119 Å². The summed E-state index contributed by atoms with van der Waals surface area (Å²) in [5.74, 6) is -1.60. The van der Waals surface area contributed by atoms with E-state index in [-0.39, 0.29) is 11.6 Å². The number of amides is 1. The van der Waals surface area contributed by atoms with Crippen LogP contribution in [0.1, 0.15) is 40.7 Å². The van der Waals surface area contributed by atoms with Gasteiger partial charge in [0.2, 0.25) is 0 Å². The Morgan fingerprint density at radius 3 is 2.43 bits per heavy atom. The van der Waals surface area contributed by atoms with Crippen LogP contribution in [0.5, 0.6) is 0 Å². The Bertz CT molecular complexity index is 633. The third-order valence-corrected chi connectivity index (χ3v) is 4.19. The summed E-state index contributed by atoms with van der Waals surface area (Å²) < 4.78 is 39.3. The lowest BCUT2D eigenvalue weighted by atomic mass is 9.85. The van der Waals surface area contributed by atoms with Gasteiger partial charge in [0.1, 0.15) is 0 Å². The SMILES string of the molecule is Cc1cc2c(c(C(F)(F)F)c1)C(=O)C(=O)N2CC1CCC1. The molecule has 3 rings (SSSR count). The van der Waals surface area contributed by atoms with Gasteiger partial charge < -0.3 is 4.90 Å². The molecular formula is C15H14F3NO2. The van der Waals surface area contributed by atoms with Crippen LogP contribution < -0.4 is 4.90 Å². The van der Waals surface area contributed by atoms with E-state index in [2.05, 4.69) is 0 Å². The molecule has 0 radical (unpaired) electrons. The van der Waals surface area contributed by atoms with Gasteiger partial charge in [0.05, 0.1) is 16.8 Å². The number of nitrogens with zero attached hydrogens (tertiary/aromatic N) is 1. The van der Waals surface area contributed by atoms with Crippen molar-refractivity contribution in [1.82, 2.24) is 0 Å². The molecule has 6 heteroatoms. The van der Waals surface area contributed by atoms with Crippen LogP contribution in [0.3, 0.4) is 0 Å². The maximum atomic E-state index is 13.1. The van der Waals surface area contributed by atoms with E-state index in [0.29, 0.717) is 12.1 Å². The van der Waals surface area contributed by atoms with Gasteiger partial charge in [-0.15, -0.1) is 0 Å². The lowest BCUT2D eigenvalue weighted by Crippen LogP contribution is -2.36. The number of anilines is 1. The lowest BCUT2D eigenvalue weighted by molar-refractivity contribution is -0.137. The second-order valence-corrected chi connectivity index (χ2v) is 5.75. The van der Waals surface area contributed by atoms with Crippen molar-refractivity contribution in [2.75, 3.05) is 11.4 Å². The number of ketones is 1. The van der Waals surface area contributed by atoms with E-state index in [0.717, 1.165) is 25.3 Å². The number of rotatable bonds is 2. The molecule has 1 aromatic carbocycles. The lowest BCUT2D eigenvalue weighted by Gasteiger charge is -2.30. The molecule has 1 saturated carbocycles. The normalized spacial score (nSPS) is 19.0. The monoisotopic (exact) mass is 297 g/mol. The molecule has 1 fully saturated rings. The van der Waals surface area contributed by atoms with E-state index >= 15 is 0 Å². The number of hydrogen-bond donors (Lipinski definition) is 0. The van der Waals surface area contributed by atoms with Gasteiger partial charge in [0.25, 0.3) is 11.7 Å². The molecule has 2 aliphatic rings. The number of carbonyl (C=O) groups is 2. The summed E-state index contributed by atoms with van der Waals surface area (Å²) in [6.07, 6.45) is -1.68. The first kappa shape index (κ1) is 14.1. The molecule has 112 valence electrons. The van der Waals surface area contributed by atoms with E-state index in [1.165, 1.54) is 17.9 Å². The first-order valence-electron chi connectivity index (χ1n) is 6.87. The van der Waals surface area contributed by atoms with Crippen molar-refractivity contribution < 1.29 is 22.8 Å². The number of hydrogen-bond acceptors (Lipinski definition) is 2. The molecule has 0 spiro atoms. The van der Waals surface area contributed by atoms with Crippen LogP contribution in [-0.2, 0) is 11.0 Å². The molecule has 0 N–H and O–H groups in total. The highest BCUT2D eigenvalue weighted by Gasteiger charge is 2.45. The zero-order chi connectivity index (χ0) is 15.4. The quantitative estimate of drug-likeness (QED) is 0.785. The average Bonchev–Trinajstić information content (AvgIpc) is 2.55. The minimum atomic E-state index is -4.64. The molecule has 0 bridgehead atoms. The molecule has 1 aromatic rings. The van der Waals surface area contributed by atoms with Gasteiger partial charge in [-0.1, -0.05) is 6.42 Å². The van der Waals surface area contributed by atoms with Gasteiger partial charge >= 0.3 is 6.18 Å². The van der Waals surface area contributed by atoms with Gasteiger partial charge in [-0.3, -0.25) is 9.59 Å². The molecule has 0 unspecified atom stereocenters. The Kier molecular flexibility index (Phi) is 3.07. The number of aryl methyl sites for hydroxylation is 1. The van der Waals surface area contributed by atoms with Gasteiger partial charge in [0.15, 0.2) is 0 Å². The number of Topliss-reactive ketones (excluding diaryl/α,β-unsaturated/α-hetero) is 1. The molecule has 1 amide bonds. The van der Waals surface area contributed by atoms with Gasteiger partial charge in [-0.25, -0.2) is 0 Å². The molecule has 1 heterocycles. The van der Waals surface area contributed by atoms with Crippen LogP contribution in [0, 0.1) is 12.8 Å². The van der Waals surface area contributed by atoms with Gasteiger partial charge in [-0.05, 0) is 43.4 Å². The fourth-order valence-electron chi connectivity index (χ4n) is 2.90. The molecule has 0 atom stereocenters. The Morgan fingerprint density at radius 2 is 1.90 bits per heavy atom. The first-order valence-corrected chi connectivity index (χ1v) is 6.87. The summed E-state index contributed by atoms with van der Waals surface area (Å²) in [5.41, 5.74) is -0.990. The van der Waals surface area contributed by atoms with Gasteiger partial charge in [0, 0.05) is 6.54 Å². The first-order chi connectivity index (χ1) is 9.79. The van der Waals surface area contributed by atoms with Crippen molar-refractivity contribution in [3.8, 4) is 0 Å². The second-order valence-electron chi connectivity index (χ2n) is 5.75. The second kappa shape index (κ2) is 4.58. The van der Waals surface area contributed by atoms with Gasteiger partial charge in [-0.2, -0.15) is 13.2 Å². The van der Waals surface area contributed by atoms with E-state index in [1.54, 1.807) is 0 Å². The topological polar surface area (TPSA) is 37.4 Å². The zero-order valence-corrected chi connectivity index (χ0v) is 11.5. The third-order valence-electron chi connectivity index (χ3n) is 4.19. The molecule has 1 aliphatic carbocycles. The molecule has 1 aliphatic heterocycles. The standard InChI is InChI=1S/C15H14F3NO2/c1-8-5-10(15(16,17)18)12-11(6-8)19(14(21)13(12)20)7-9-3-2-4-9/h5-6,9H,2-4,7H2,1H3. The van der Waals surface area contributed by atoms with Crippen LogP contribution in [-0.4, -0.2) is 18.2 Å². The third kappa shape index (κ3) is 2.22. The number of alkyl halides is 3. The number of fused-ring (bicyclic) bond motifs is 1. The highest BCUT2D eigenvalue weighted by molar-refractivity contribution is 6.52. The van der Waals surface area contributed by atoms with Crippen LogP contribution in [0.4, 0.5) is 18.9 Å². The van der Waals surface area contributed by atoms with Crippen molar-refractivity contribution >= 4 is 17.4 Å². The Hall–Kier alpha value is -1.85. The zero-order valence-electron chi connectivity index (χ0n) is 11.5. The summed E-state index contributed by atoms with van der Waals surface area (Å²) in [4.78, 5) is 25.2. The van der Waals surface area contributed by atoms with Crippen molar-refractivity contribution in [2.24, 2.45) is 5.92 Å². The summed E-state index contributed by atoms with van der Waals surface area (Å²) >= 11 is 0. The summed E-state index contributed by atoms with van der Waals surface area (Å²) in [6.45, 7) is 1.86. The maximum absolute atomic E-state index is 13.1. The predicted molar refractivity (Wildman–Crippen MR) is 70.2 cm³/mol. The van der Waals surface area contributed by atoms with Crippen LogP contribution >= 0.6 is 0 Å². The van der Waals surface area contributed by atoms with Crippen molar-refractivity contribution in [2.45, 2.75) is 32.4 Å². The number of carbonyl (C=O) groups excluding carboxylic acids is 2. The minimum absolute atomic E-state index is 0.115. The Balaban J connectivity index is 2.10. The number of halogens is 3. The molecule has 21 heavy (non-hydrogen) atoms. The largest absolute Gasteiger partial charge is 0.417 e. The van der Waals surface area contributed by atoms with E-state index in [9.17, 15) is 22.8 Å². The fraction of sp³-hybridized carbons (Fsp3) is 0.467. The van der Waals surface area contributed by atoms with Crippen LogP contribution in [0.15, 0.2) is 12.1 Å². The van der Waals surface area contributed by atoms with E-state index in [4.69, 9.17) is 0 Å². The summed E-state index contributed by atoms with van der Waals surface area (Å²) in [6, 6.07) is 2.42. The maximum Gasteiger partial charge on any atom is 0.417 e. The molecule has 0 saturated heterocycles. The smallest absolute Gasteiger partial charge is 0.304 e. The fourth-order valence-corrected chi connectivity index (χ4v) is 2.90. The van der Waals surface area contributed by atoms with E-state index < -0.39 is 29.0 Å². The average molecular weight is 297 g/mol. The van der Waals surface area contributed by atoms with Crippen molar-refractivity contribution in [1.29, 1.82) is 0 Å². The van der Waals surface area contributed by atoms with Crippen LogP contribution in [0.2, 0.25) is 0 Å². The Morgan fingerprint density at radius 1 is 1.24 bits per heavy atom. The minimum Gasteiger partial charge on any atom is -0.304 e. The summed E-state index contributed by atoms with van der Waals surface area (Å²) in [7, 11) is 0. The number of benzene rings is 1. The van der Waals surface area contributed by atoms with Crippen LogP contribution in [0.25, 0.3) is 0 Å². The van der Waals surface area contributed by atoms with E-state index in [1.807, 2.05) is 0 Å². The molecule has 3 nitrogen and oxygen atoms in total. The molecular weight excluding hydrogens is 283 g/mol. The predicted octanol–water partition coefficient (Wildman–Crippen LogP) is 3.34. The van der Waals surface area contributed by atoms with Crippen molar-refractivity contribution in [3.05, 3.63) is 28.8 Å². The highest BCUT2D eigenvalue weighted by atomic mass is 19.4. The molecule has 0 aromatic heterocycles. The highest BCUT2D eigenvalue weighted by Crippen LogP contribution is 2.42. The van der Waals surface area contributed by atoms with Crippen molar-refractivity contribution in [3.63, 3.8) is 0 Å². The summed E-state index contributed by atoms with van der Waals surface area (Å²) in [5, 5.41) is 0.